The maximum absolute atomic E-state index is 12.1. The van der Waals surface area contributed by atoms with Gasteiger partial charge in [-0.2, -0.15) is 0 Å². The smallest absolute Gasteiger partial charge is 0.214 e. The van der Waals surface area contributed by atoms with Crippen molar-refractivity contribution < 1.29 is 8.42 Å². The van der Waals surface area contributed by atoms with Gasteiger partial charge in [-0.25, -0.2) is 12.7 Å². The van der Waals surface area contributed by atoms with Gasteiger partial charge in [0.25, 0.3) is 0 Å². The lowest BCUT2D eigenvalue weighted by Crippen LogP contribution is -2.44. The Morgan fingerprint density at radius 1 is 1.28 bits per heavy atom. The van der Waals surface area contributed by atoms with Gasteiger partial charge in [-0.15, -0.1) is 0 Å². The van der Waals surface area contributed by atoms with Gasteiger partial charge >= 0.3 is 0 Å². The van der Waals surface area contributed by atoms with Crippen LogP contribution in [-0.4, -0.2) is 44.2 Å². The molecule has 1 unspecified atom stereocenters. The lowest BCUT2D eigenvalue weighted by Gasteiger charge is -2.34. The minimum absolute atomic E-state index is 0.316. The summed E-state index contributed by atoms with van der Waals surface area (Å²) in [4.78, 5) is 0. The Morgan fingerprint density at radius 2 is 1.89 bits per heavy atom. The Bertz CT molecular complexity index is 322. The number of hydrogen-bond acceptors (Lipinski definition) is 3. The number of sulfonamides is 1. The van der Waals surface area contributed by atoms with E-state index in [0.717, 1.165) is 32.2 Å². The van der Waals surface area contributed by atoms with E-state index in [1.807, 2.05) is 6.92 Å². The zero-order valence-electron chi connectivity index (χ0n) is 12.0. The predicted molar refractivity (Wildman–Crippen MR) is 76.1 cm³/mol. The van der Waals surface area contributed by atoms with Gasteiger partial charge in [-0.1, -0.05) is 20.3 Å². The van der Waals surface area contributed by atoms with Gasteiger partial charge in [0.15, 0.2) is 0 Å². The summed E-state index contributed by atoms with van der Waals surface area (Å²) in [5, 5.41) is 3.44. The zero-order chi connectivity index (χ0) is 13.6. The molecule has 0 saturated carbocycles. The highest BCUT2D eigenvalue weighted by molar-refractivity contribution is 7.89. The Labute approximate surface area is 112 Å². The molecule has 18 heavy (non-hydrogen) atoms. The van der Waals surface area contributed by atoms with Crippen molar-refractivity contribution in [2.75, 3.05) is 25.4 Å². The van der Waals surface area contributed by atoms with E-state index < -0.39 is 10.0 Å². The maximum atomic E-state index is 12.1. The zero-order valence-corrected chi connectivity index (χ0v) is 12.8. The van der Waals surface area contributed by atoms with Gasteiger partial charge in [0, 0.05) is 19.1 Å². The molecule has 1 aliphatic heterocycles. The normalized spacial score (nSPS) is 21.1. The van der Waals surface area contributed by atoms with E-state index in [-0.39, 0.29) is 0 Å². The monoisotopic (exact) mass is 276 g/mol. The van der Waals surface area contributed by atoms with E-state index in [4.69, 9.17) is 0 Å². The fourth-order valence-electron chi connectivity index (χ4n) is 2.60. The molecule has 1 heterocycles. The molecule has 1 atom stereocenters. The Kier molecular flexibility index (Phi) is 6.60. The number of piperidine rings is 1. The van der Waals surface area contributed by atoms with Gasteiger partial charge in [-0.05, 0) is 38.6 Å². The SMILES string of the molecule is CCCCS(=O)(=O)N1CCC(C(C)NCC)CC1. The van der Waals surface area contributed by atoms with Crippen molar-refractivity contribution in [1.82, 2.24) is 9.62 Å². The number of nitrogens with one attached hydrogen (secondary N) is 1. The molecule has 0 aromatic carbocycles. The van der Waals surface area contributed by atoms with Crippen LogP contribution in [0.3, 0.4) is 0 Å². The molecule has 1 N–H and O–H groups in total. The van der Waals surface area contributed by atoms with Crippen LogP contribution in [0.15, 0.2) is 0 Å². The molecule has 0 aromatic heterocycles. The number of hydrogen-bond donors (Lipinski definition) is 1. The molecule has 1 rings (SSSR count). The number of nitrogens with zero attached hydrogens (tertiary/aromatic N) is 1. The third-order valence-electron chi connectivity index (χ3n) is 3.88. The number of unbranched alkanes of at least 4 members (excludes halogenated alkanes) is 1. The van der Waals surface area contributed by atoms with Crippen molar-refractivity contribution >= 4 is 10.0 Å². The molecular weight excluding hydrogens is 248 g/mol. The van der Waals surface area contributed by atoms with Gasteiger partial charge in [0.1, 0.15) is 0 Å². The molecule has 1 saturated heterocycles. The Morgan fingerprint density at radius 3 is 2.39 bits per heavy atom. The highest BCUT2D eigenvalue weighted by atomic mass is 32.2. The average molecular weight is 276 g/mol. The van der Waals surface area contributed by atoms with E-state index in [1.165, 1.54) is 0 Å². The summed E-state index contributed by atoms with van der Waals surface area (Å²) < 4.78 is 25.8. The first-order valence-corrected chi connectivity index (χ1v) is 8.83. The highest BCUT2D eigenvalue weighted by Crippen LogP contribution is 2.23. The molecule has 4 nitrogen and oxygen atoms in total. The molecule has 0 bridgehead atoms. The molecule has 108 valence electrons. The fraction of sp³-hybridized carbons (Fsp3) is 1.00. The first-order chi connectivity index (χ1) is 8.51. The lowest BCUT2D eigenvalue weighted by atomic mass is 9.91. The topological polar surface area (TPSA) is 49.4 Å². The molecule has 0 radical (unpaired) electrons. The largest absolute Gasteiger partial charge is 0.314 e. The summed E-state index contributed by atoms with van der Waals surface area (Å²) in [6.45, 7) is 8.73. The van der Waals surface area contributed by atoms with E-state index in [0.29, 0.717) is 30.8 Å². The molecule has 0 amide bonds. The van der Waals surface area contributed by atoms with Crippen molar-refractivity contribution in [2.45, 2.75) is 52.5 Å². The van der Waals surface area contributed by atoms with Gasteiger partial charge in [0.05, 0.1) is 5.75 Å². The minimum atomic E-state index is -2.99. The van der Waals surface area contributed by atoms with Crippen molar-refractivity contribution in [3.63, 3.8) is 0 Å². The standard InChI is InChI=1S/C13H28N2O2S/c1-4-6-11-18(16,17)15-9-7-13(8-10-15)12(3)14-5-2/h12-14H,4-11H2,1-3H3. The van der Waals surface area contributed by atoms with Crippen molar-refractivity contribution in [3.05, 3.63) is 0 Å². The van der Waals surface area contributed by atoms with Crippen LogP contribution in [0.1, 0.15) is 46.5 Å². The van der Waals surface area contributed by atoms with Gasteiger partial charge in [-0.3, -0.25) is 0 Å². The van der Waals surface area contributed by atoms with Crippen LogP contribution in [0, 0.1) is 5.92 Å². The van der Waals surface area contributed by atoms with Crippen LogP contribution >= 0.6 is 0 Å². The van der Waals surface area contributed by atoms with Crippen LogP contribution in [0.5, 0.6) is 0 Å². The highest BCUT2D eigenvalue weighted by Gasteiger charge is 2.29. The molecule has 1 fully saturated rings. The summed E-state index contributed by atoms with van der Waals surface area (Å²) in [5.74, 6) is 0.930. The van der Waals surface area contributed by atoms with E-state index in [1.54, 1.807) is 4.31 Å². The van der Waals surface area contributed by atoms with Crippen molar-refractivity contribution in [2.24, 2.45) is 5.92 Å². The van der Waals surface area contributed by atoms with E-state index in [2.05, 4.69) is 19.2 Å². The molecule has 0 aromatic rings. The summed E-state index contributed by atoms with van der Waals surface area (Å²) in [5.41, 5.74) is 0. The van der Waals surface area contributed by atoms with E-state index >= 15 is 0 Å². The lowest BCUT2D eigenvalue weighted by molar-refractivity contribution is 0.232. The molecule has 0 spiro atoms. The molecule has 5 heteroatoms. The molecular formula is C13H28N2O2S. The second kappa shape index (κ2) is 7.46. The fourth-order valence-corrected chi connectivity index (χ4v) is 4.28. The summed E-state index contributed by atoms with van der Waals surface area (Å²) in [7, 11) is -2.99. The van der Waals surface area contributed by atoms with E-state index in [9.17, 15) is 8.42 Å². The quantitative estimate of drug-likeness (QED) is 0.772. The summed E-state index contributed by atoms with van der Waals surface area (Å²) in [6.07, 6.45) is 3.68. The Hall–Kier alpha value is -0.130. The van der Waals surface area contributed by atoms with Gasteiger partial charge < -0.3 is 5.32 Å². The first kappa shape index (κ1) is 15.9. The Balaban J connectivity index is 2.43. The minimum Gasteiger partial charge on any atom is -0.314 e. The van der Waals surface area contributed by atoms with Crippen LogP contribution in [0.25, 0.3) is 0 Å². The van der Waals surface area contributed by atoms with Crippen LogP contribution < -0.4 is 5.32 Å². The average Bonchev–Trinajstić information content (AvgIpc) is 2.37. The number of rotatable bonds is 7. The first-order valence-electron chi connectivity index (χ1n) is 7.22. The summed E-state index contributed by atoms with van der Waals surface area (Å²) >= 11 is 0. The second-order valence-electron chi connectivity index (χ2n) is 5.25. The van der Waals surface area contributed by atoms with Crippen LogP contribution in [0.2, 0.25) is 0 Å². The maximum Gasteiger partial charge on any atom is 0.214 e. The molecule has 0 aliphatic carbocycles. The molecule has 1 aliphatic rings. The third-order valence-corrected chi connectivity index (χ3v) is 5.84. The summed E-state index contributed by atoms with van der Waals surface area (Å²) in [6, 6.07) is 0.496. The third kappa shape index (κ3) is 4.52. The second-order valence-corrected chi connectivity index (χ2v) is 7.34. The van der Waals surface area contributed by atoms with Crippen LogP contribution in [-0.2, 0) is 10.0 Å². The van der Waals surface area contributed by atoms with Gasteiger partial charge in [0.2, 0.25) is 10.0 Å². The predicted octanol–water partition coefficient (Wildman–Crippen LogP) is 1.83. The van der Waals surface area contributed by atoms with Crippen molar-refractivity contribution in [3.8, 4) is 0 Å². The van der Waals surface area contributed by atoms with Crippen molar-refractivity contribution in [1.29, 1.82) is 0 Å². The van der Waals surface area contributed by atoms with Crippen LogP contribution in [0.4, 0.5) is 0 Å².